The van der Waals surface area contributed by atoms with Gasteiger partial charge in [-0.1, -0.05) is 6.07 Å². The van der Waals surface area contributed by atoms with Gasteiger partial charge in [0.25, 0.3) is 5.91 Å². The van der Waals surface area contributed by atoms with Crippen LogP contribution in [0.3, 0.4) is 0 Å². The number of amides is 1. The number of rotatable bonds is 5. The predicted octanol–water partition coefficient (Wildman–Crippen LogP) is 1.91. The van der Waals surface area contributed by atoms with E-state index in [2.05, 4.69) is 5.32 Å². The molecular formula is C15H22N2O2. The molecule has 1 aliphatic rings. The fourth-order valence-electron chi connectivity index (χ4n) is 2.23. The highest BCUT2D eigenvalue weighted by Crippen LogP contribution is 2.16. The van der Waals surface area contributed by atoms with Crippen molar-refractivity contribution < 1.29 is 9.53 Å². The summed E-state index contributed by atoms with van der Waals surface area (Å²) >= 11 is 0. The molecule has 1 aliphatic heterocycles. The lowest BCUT2D eigenvalue weighted by molar-refractivity contribution is 0.0950. The van der Waals surface area contributed by atoms with Crippen molar-refractivity contribution in [2.75, 3.05) is 38.8 Å². The first-order valence-electron chi connectivity index (χ1n) is 6.80. The SMILES string of the molecule is CN(C)c1cccc(C(=O)NCCC2CCOC2)c1. The van der Waals surface area contributed by atoms with E-state index in [1.54, 1.807) is 0 Å². The Hall–Kier alpha value is -1.55. The smallest absolute Gasteiger partial charge is 0.251 e. The average Bonchev–Trinajstić information content (AvgIpc) is 2.92. The number of benzene rings is 1. The van der Waals surface area contributed by atoms with Gasteiger partial charge in [0.1, 0.15) is 0 Å². The summed E-state index contributed by atoms with van der Waals surface area (Å²) in [6.07, 6.45) is 2.12. The molecule has 0 bridgehead atoms. The zero-order valence-electron chi connectivity index (χ0n) is 11.7. The molecule has 0 aliphatic carbocycles. The molecule has 1 unspecified atom stereocenters. The van der Waals surface area contributed by atoms with Gasteiger partial charge in [-0.15, -0.1) is 0 Å². The van der Waals surface area contributed by atoms with Gasteiger partial charge in [0, 0.05) is 45.1 Å². The third-order valence-corrected chi connectivity index (χ3v) is 3.49. The Morgan fingerprint density at radius 3 is 3.00 bits per heavy atom. The highest BCUT2D eigenvalue weighted by atomic mass is 16.5. The maximum Gasteiger partial charge on any atom is 0.251 e. The summed E-state index contributed by atoms with van der Waals surface area (Å²) in [5.41, 5.74) is 1.76. The minimum atomic E-state index is 0.00242. The van der Waals surface area contributed by atoms with Gasteiger partial charge in [-0.25, -0.2) is 0 Å². The van der Waals surface area contributed by atoms with Gasteiger partial charge in [-0.2, -0.15) is 0 Å². The van der Waals surface area contributed by atoms with Gasteiger partial charge >= 0.3 is 0 Å². The molecule has 1 amide bonds. The van der Waals surface area contributed by atoms with Crippen LogP contribution in [0.4, 0.5) is 5.69 Å². The molecular weight excluding hydrogens is 240 g/mol. The van der Waals surface area contributed by atoms with Crippen LogP contribution < -0.4 is 10.2 Å². The largest absolute Gasteiger partial charge is 0.381 e. The third-order valence-electron chi connectivity index (χ3n) is 3.49. The first-order chi connectivity index (χ1) is 9.16. The second kappa shape index (κ2) is 6.57. The standard InChI is InChI=1S/C15H22N2O2/c1-17(2)14-5-3-4-13(10-14)15(18)16-8-6-12-7-9-19-11-12/h3-5,10,12H,6-9,11H2,1-2H3,(H,16,18). The van der Waals surface area contributed by atoms with E-state index in [-0.39, 0.29) is 5.91 Å². The van der Waals surface area contributed by atoms with Crippen LogP contribution in [0.15, 0.2) is 24.3 Å². The lowest BCUT2D eigenvalue weighted by Gasteiger charge is -2.14. The molecule has 4 nitrogen and oxygen atoms in total. The van der Waals surface area contributed by atoms with Crippen molar-refractivity contribution in [2.24, 2.45) is 5.92 Å². The summed E-state index contributed by atoms with van der Waals surface area (Å²) < 4.78 is 5.32. The number of hydrogen-bond donors (Lipinski definition) is 1. The van der Waals surface area contributed by atoms with Crippen LogP contribution in [0.5, 0.6) is 0 Å². The minimum absolute atomic E-state index is 0.00242. The van der Waals surface area contributed by atoms with E-state index in [1.807, 2.05) is 43.3 Å². The first-order valence-corrected chi connectivity index (χ1v) is 6.80. The lowest BCUT2D eigenvalue weighted by atomic mass is 10.1. The quantitative estimate of drug-likeness (QED) is 0.881. The van der Waals surface area contributed by atoms with Crippen LogP contribution in [-0.4, -0.2) is 39.8 Å². The number of carbonyl (C=O) groups is 1. The Balaban J connectivity index is 1.83. The molecule has 1 heterocycles. The molecule has 1 atom stereocenters. The van der Waals surface area contributed by atoms with Crippen molar-refractivity contribution in [1.82, 2.24) is 5.32 Å². The van der Waals surface area contributed by atoms with Crippen molar-refractivity contribution in [3.05, 3.63) is 29.8 Å². The van der Waals surface area contributed by atoms with Crippen molar-refractivity contribution >= 4 is 11.6 Å². The number of carbonyl (C=O) groups excluding carboxylic acids is 1. The van der Waals surface area contributed by atoms with E-state index in [4.69, 9.17) is 4.74 Å². The molecule has 0 spiro atoms. The normalized spacial score (nSPS) is 18.3. The van der Waals surface area contributed by atoms with Crippen LogP contribution >= 0.6 is 0 Å². The molecule has 1 saturated heterocycles. The lowest BCUT2D eigenvalue weighted by Crippen LogP contribution is -2.26. The highest BCUT2D eigenvalue weighted by molar-refractivity contribution is 5.95. The molecule has 104 valence electrons. The molecule has 4 heteroatoms. The fourth-order valence-corrected chi connectivity index (χ4v) is 2.23. The first kappa shape index (κ1) is 13.9. The van der Waals surface area contributed by atoms with Gasteiger partial charge in [-0.05, 0) is 37.0 Å². The molecule has 1 aromatic rings. The Labute approximate surface area is 114 Å². The molecule has 0 saturated carbocycles. The van der Waals surface area contributed by atoms with Gasteiger partial charge < -0.3 is 15.0 Å². The minimum Gasteiger partial charge on any atom is -0.381 e. The van der Waals surface area contributed by atoms with E-state index >= 15 is 0 Å². The zero-order valence-corrected chi connectivity index (χ0v) is 11.7. The molecule has 1 aromatic carbocycles. The predicted molar refractivity (Wildman–Crippen MR) is 76.6 cm³/mol. The van der Waals surface area contributed by atoms with Crippen LogP contribution in [0.25, 0.3) is 0 Å². The summed E-state index contributed by atoms with van der Waals surface area (Å²) in [6, 6.07) is 7.66. The topological polar surface area (TPSA) is 41.6 Å². The van der Waals surface area contributed by atoms with Gasteiger partial charge in [0.15, 0.2) is 0 Å². The molecule has 19 heavy (non-hydrogen) atoms. The Kier molecular flexibility index (Phi) is 4.80. The van der Waals surface area contributed by atoms with Crippen molar-refractivity contribution in [1.29, 1.82) is 0 Å². The highest BCUT2D eigenvalue weighted by Gasteiger charge is 2.15. The van der Waals surface area contributed by atoms with Crippen molar-refractivity contribution in [3.8, 4) is 0 Å². The average molecular weight is 262 g/mol. The maximum atomic E-state index is 12.0. The summed E-state index contributed by atoms with van der Waals surface area (Å²) in [6.45, 7) is 2.43. The van der Waals surface area contributed by atoms with Gasteiger partial charge in [-0.3, -0.25) is 4.79 Å². The van der Waals surface area contributed by atoms with E-state index in [9.17, 15) is 4.79 Å². The van der Waals surface area contributed by atoms with E-state index in [0.29, 0.717) is 11.5 Å². The monoisotopic (exact) mass is 262 g/mol. The Morgan fingerprint density at radius 2 is 2.32 bits per heavy atom. The Morgan fingerprint density at radius 1 is 1.47 bits per heavy atom. The number of nitrogens with zero attached hydrogens (tertiary/aromatic N) is 1. The Bertz CT molecular complexity index is 426. The number of nitrogens with one attached hydrogen (secondary N) is 1. The summed E-state index contributed by atoms with van der Waals surface area (Å²) in [5.74, 6) is 0.607. The van der Waals surface area contributed by atoms with Crippen molar-refractivity contribution in [3.63, 3.8) is 0 Å². The van der Waals surface area contributed by atoms with Crippen LogP contribution in [-0.2, 0) is 4.74 Å². The second-order valence-electron chi connectivity index (χ2n) is 5.22. The number of anilines is 1. The molecule has 0 radical (unpaired) electrons. The molecule has 2 rings (SSSR count). The molecule has 1 fully saturated rings. The van der Waals surface area contributed by atoms with Crippen molar-refractivity contribution in [2.45, 2.75) is 12.8 Å². The summed E-state index contributed by atoms with van der Waals surface area (Å²) in [4.78, 5) is 14.0. The van der Waals surface area contributed by atoms with E-state index in [1.165, 1.54) is 0 Å². The van der Waals surface area contributed by atoms with E-state index in [0.717, 1.165) is 38.3 Å². The van der Waals surface area contributed by atoms with E-state index < -0.39 is 0 Å². The van der Waals surface area contributed by atoms with Crippen LogP contribution in [0.1, 0.15) is 23.2 Å². The van der Waals surface area contributed by atoms with Crippen LogP contribution in [0.2, 0.25) is 0 Å². The second-order valence-corrected chi connectivity index (χ2v) is 5.22. The fraction of sp³-hybridized carbons (Fsp3) is 0.533. The van der Waals surface area contributed by atoms with Crippen LogP contribution in [0, 0.1) is 5.92 Å². The molecule has 1 N–H and O–H groups in total. The van der Waals surface area contributed by atoms with Gasteiger partial charge in [0.05, 0.1) is 0 Å². The summed E-state index contributed by atoms with van der Waals surface area (Å²) in [7, 11) is 3.94. The molecule has 0 aromatic heterocycles. The maximum absolute atomic E-state index is 12.0. The third kappa shape index (κ3) is 3.96. The number of hydrogen-bond acceptors (Lipinski definition) is 3. The number of ether oxygens (including phenoxy) is 1. The zero-order chi connectivity index (χ0) is 13.7. The summed E-state index contributed by atoms with van der Waals surface area (Å²) in [5, 5.41) is 2.98. The van der Waals surface area contributed by atoms with Gasteiger partial charge in [0.2, 0.25) is 0 Å².